The maximum Gasteiger partial charge on any atom is 0.333 e. The summed E-state index contributed by atoms with van der Waals surface area (Å²) in [4.78, 5) is 23.2. The molecule has 10 nitrogen and oxygen atoms in total. The van der Waals surface area contributed by atoms with E-state index in [2.05, 4.69) is 38.0 Å². The van der Waals surface area contributed by atoms with Crippen molar-refractivity contribution in [3.05, 3.63) is 30.5 Å². The summed E-state index contributed by atoms with van der Waals surface area (Å²) in [5, 5.41) is 16.8. The molecule has 4 N–H and O–H groups in total. The van der Waals surface area contributed by atoms with Gasteiger partial charge in [-0.25, -0.2) is 19.8 Å². The SMILES string of the molecule is COc1cnc(-c2ccc(NC(=O)NN3CCN(C)CC3)cc2)nc1NCCO. The maximum absolute atomic E-state index is 12.2. The zero-order valence-electron chi connectivity index (χ0n) is 16.7. The Morgan fingerprint density at radius 1 is 1.21 bits per heavy atom. The van der Waals surface area contributed by atoms with E-state index in [-0.39, 0.29) is 12.6 Å². The number of methoxy groups -OCH3 is 1. The highest BCUT2D eigenvalue weighted by atomic mass is 16.5. The molecule has 156 valence electrons. The first-order valence-corrected chi connectivity index (χ1v) is 9.46. The molecule has 1 aliphatic heterocycles. The van der Waals surface area contributed by atoms with Crippen LogP contribution < -0.4 is 20.8 Å². The number of aliphatic hydroxyl groups is 1. The fraction of sp³-hybridized carbons (Fsp3) is 0.421. The quantitative estimate of drug-likeness (QED) is 0.540. The molecule has 0 spiro atoms. The first kappa shape index (κ1) is 20.8. The molecule has 1 fully saturated rings. The first-order valence-electron chi connectivity index (χ1n) is 9.46. The van der Waals surface area contributed by atoms with Crippen molar-refractivity contribution in [2.45, 2.75) is 0 Å². The third kappa shape index (κ3) is 5.76. The van der Waals surface area contributed by atoms with Crippen LogP contribution in [0.2, 0.25) is 0 Å². The largest absolute Gasteiger partial charge is 0.491 e. The van der Waals surface area contributed by atoms with Crippen LogP contribution in [0.15, 0.2) is 30.5 Å². The highest BCUT2D eigenvalue weighted by Crippen LogP contribution is 2.25. The lowest BCUT2D eigenvalue weighted by atomic mass is 10.2. The molecule has 2 aromatic rings. The first-order chi connectivity index (χ1) is 14.1. The van der Waals surface area contributed by atoms with E-state index in [0.29, 0.717) is 29.6 Å². The zero-order chi connectivity index (χ0) is 20.6. The molecule has 10 heteroatoms. The van der Waals surface area contributed by atoms with Crippen LogP contribution >= 0.6 is 0 Å². The van der Waals surface area contributed by atoms with Crippen molar-refractivity contribution >= 4 is 17.5 Å². The number of ether oxygens (including phenoxy) is 1. The van der Waals surface area contributed by atoms with Crippen molar-refractivity contribution in [3.63, 3.8) is 0 Å². The van der Waals surface area contributed by atoms with Crippen LogP contribution in [0.5, 0.6) is 5.75 Å². The summed E-state index contributed by atoms with van der Waals surface area (Å²) in [5.74, 6) is 1.53. The molecule has 1 saturated heterocycles. The van der Waals surface area contributed by atoms with Crippen molar-refractivity contribution in [2.75, 3.05) is 64.1 Å². The predicted molar refractivity (Wildman–Crippen MR) is 111 cm³/mol. The molecule has 1 aromatic heterocycles. The molecule has 1 aromatic carbocycles. The number of rotatable bonds is 7. The number of benzene rings is 1. The van der Waals surface area contributed by atoms with Crippen molar-refractivity contribution in [3.8, 4) is 17.1 Å². The van der Waals surface area contributed by atoms with Gasteiger partial charge in [-0.3, -0.25) is 5.43 Å². The lowest BCUT2D eigenvalue weighted by Gasteiger charge is -2.32. The van der Waals surface area contributed by atoms with E-state index in [1.54, 1.807) is 18.3 Å². The van der Waals surface area contributed by atoms with Gasteiger partial charge in [-0.1, -0.05) is 0 Å². The van der Waals surface area contributed by atoms with E-state index < -0.39 is 0 Å². The average molecular weight is 401 g/mol. The molecule has 29 heavy (non-hydrogen) atoms. The normalized spacial score (nSPS) is 15.0. The Balaban J connectivity index is 1.61. The summed E-state index contributed by atoms with van der Waals surface area (Å²) in [6, 6.07) is 7.01. The Morgan fingerprint density at radius 2 is 1.93 bits per heavy atom. The topological polar surface area (TPSA) is 115 Å². The van der Waals surface area contributed by atoms with E-state index >= 15 is 0 Å². The molecular formula is C19H27N7O3. The Bertz CT molecular complexity index is 808. The highest BCUT2D eigenvalue weighted by Gasteiger charge is 2.15. The Labute approximate surface area is 169 Å². The van der Waals surface area contributed by atoms with E-state index in [1.165, 1.54) is 7.11 Å². The summed E-state index contributed by atoms with van der Waals surface area (Å²) in [6.07, 6.45) is 1.58. The van der Waals surface area contributed by atoms with Gasteiger partial charge in [-0.05, 0) is 31.3 Å². The number of urea groups is 1. The van der Waals surface area contributed by atoms with Crippen LogP contribution in [-0.2, 0) is 0 Å². The van der Waals surface area contributed by atoms with E-state index in [0.717, 1.165) is 31.7 Å². The van der Waals surface area contributed by atoms with Gasteiger partial charge in [0.05, 0.1) is 19.9 Å². The molecule has 2 heterocycles. The third-order valence-electron chi connectivity index (χ3n) is 4.54. The van der Waals surface area contributed by atoms with Gasteiger partial charge < -0.3 is 25.4 Å². The molecule has 0 radical (unpaired) electrons. The minimum atomic E-state index is -0.265. The standard InChI is InChI=1S/C19H27N7O3/c1-25-8-10-26(11-9-25)24-19(28)22-15-5-3-14(4-6-15)17-21-13-16(29-2)18(23-17)20-7-12-27/h3-6,13,27H,7-12H2,1-2H3,(H,20,21,23)(H2,22,24,28). The summed E-state index contributed by atoms with van der Waals surface area (Å²) < 4.78 is 5.23. The molecular weight excluding hydrogens is 374 g/mol. The fourth-order valence-electron chi connectivity index (χ4n) is 2.88. The van der Waals surface area contributed by atoms with Crippen molar-refractivity contribution in [1.29, 1.82) is 0 Å². The third-order valence-corrected chi connectivity index (χ3v) is 4.54. The number of hydrogen-bond acceptors (Lipinski definition) is 8. The number of amides is 2. The smallest absolute Gasteiger partial charge is 0.333 e. The number of nitrogens with zero attached hydrogens (tertiary/aromatic N) is 4. The van der Waals surface area contributed by atoms with Gasteiger partial charge in [0.2, 0.25) is 0 Å². The van der Waals surface area contributed by atoms with Crippen molar-refractivity contribution in [2.24, 2.45) is 0 Å². The monoisotopic (exact) mass is 401 g/mol. The van der Waals surface area contributed by atoms with Crippen molar-refractivity contribution < 1.29 is 14.6 Å². The maximum atomic E-state index is 12.2. The van der Waals surface area contributed by atoms with Crippen LogP contribution in [0.25, 0.3) is 11.4 Å². The van der Waals surface area contributed by atoms with Crippen LogP contribution in [0.4, 0.5) is 16.3 Å². The molecule has 0 saturated carbocycles. The lowest BCUT2D eigenvalue weighted by molar-refractivity contribution is 0.116. The second kappa shape index (κ2) is 10.0. The molecule has 0 bridgehead atoms. The Kier molecular flexibility index (Phi) is 7.17. The number of hydrogen-bond donors (Lipinski definition) is 4. The lowest BCUT2D eigenvalue weighted by Crippen LogP contribution is -2.53. The second-order valence-electron chi connectivity index (χ2n) is 6.69. The van der Waals surface area contributed by atoms with Crippen LogP contribution in [0, 0.1) is 0 Å². The number of likely N-dealkylation sites (N-methyl/N-ethyl adjacent to an activating group) is 1. The second-order valence-corrected chi connectivity index (χ2v) is 6.69. The summed E-state index contributed by atoms with van der Waals surface area (Å²) in [6.45, 7) is 3.78. The fourth-order valence-corrected chi connectivity index (χ4v) is 2.88. The zero-order valence-corrected chi connectivity index (χ0v) is 16.7. The van der Waals surface area contributed by atoms with E-state index in [1.807, 2.05) is 17.1 Å². The highest BCUT2D eigenvalue weighted by molar-refractivity contribution is 5.89. The number of aromatic nitrogens is 2. The number of piperazine rings is 1. The number of nitrogens with one attached hydrogen (secondary N) is 3. The van der Waals surface area contributed by atoms with Crippen LogP contribution in [0.3, 0.4) is 0 Å². The molecule has 0 unspecified atom stereocenters. The summed E-state index contributed by atoms with van der Waals surface area (Å²) in [5.41, 5.74) is 4.33. The molecule has 0 atom stereocenters. The molecule has 2 amide bonds. The van der Waals surface area contributed by atoms with Gasteiger partial charge in [0, 0.05) is 44.0 Å². The van der Waals surface area contributed by atoms with Crippen molar-refractivity contribution in [1.82, 2.24) is 25.3 Å². The molecule has 3 rings (SSSR count). The van der Waals surface area contributed by atoms with Gasteiger partial charge in [-0.15, -0.1) is 0 Å². The van der Waals surface area contributed by atoms with E-state index in [9.17, 15) is 4.79 Å². The van der Waals surface area contributed by atoms with Gasteiger partial charge in [0.15, 0.2) is 17.4 Å². The molecule has 1 aliphatic rings. The summed E-state index contributed by atoms with van der Waals surface area (Å²) in [7, 11) is 3.60. The average Bonchev–Trinajstić information content (AvgIpc) is 2.74. The number of anilines is 2. The summed E-state index contributed by atoms with van der Waals surface area (Å²) >= 11 is 0. The van der Waals surface area contributed by atoms with Gasteiger partial charge >= 0.3 is 6.03 Å². The number of carbonyl (C=O) groups is 1. The van der Waals surface area contributed by atoms with Crippen LogP contribution in [0.1, 0.15) is 0 Å². The Hall–Kier alpha value is -2.95. The number of carbonyl (C=O) groups excluding carboxylic acids is 1. The minimum Gasteiger partial charge on any atom is -0.491 e. The van der Waals surface area contributed by atoms with E-state index in [4.69, 9.17) is 9.84 Å². The van der Waals surface area contributed by atoms with Gasteiger partial charge in [-0.2, -0.15) is 0 Å². The number of hydrazine groups is 1. The minimum absolute atomic E-state index is 0.0148. The van der Waals surface area contributed by atoms with Gasteiger partial charge in [0.1, 0.15) is 0 Å². The predicted octanol–water partition coefficient (Wildman–Crippen LogP) is 0.840. The van der Waals surface area contributed by atoms with Crippen LogP contribution in [-0.4, -0.2) is 84.5 Å². The van der Waals surface area contributed by atoms with Gasteiger partial charge in [0.25, 0.3) is 0 Å². The Morgan fingerprint density at radius 3 is 2.59 bits per heavy atom. The molecule has 0 aliphatic carbocycles. The number of aliphatic hydroxyl groups excluding tert-OH is 1.